The van der Waals surface area contributed by atoms with Gasteiger partial charge in [-0.3, -0.25) is 0 Å². The number of hydrogen-bond donors (Lipinski definition) is 0. The largest absolute Gasteiger partial charge is 0.497 e. The summed E-state index contributed by atoms with van der Waals surface area (Å²) in [6.45, 7) is 0.106. The Bertz CT molecular complexity index is 1060. The quantitative estimate of drug-likeness (QED) is 0.703. The molecule has 0 radical (unpaired) electrons. The number of piperidine rings is 1. The fourth-order valence-corrected chi connectivity index (χ4v) is 6.60. The van der Waals surface area contributed by atoms with Crippen molar-refractivity contribution in [1.82, 2.24) is 4.31 Å². The predicted molar refractivity (Wildman–Crippen MR) is 103 cm³/mol. The number of benzene rings is 2. The summed E-state index contributed by atoms with van der Waals surface area (Å²) >= 11 is 5.69. The molecule has 2 aromatic carbocycles. The SMILES string of the molecule is COc1ccc(S(=O)(=O)C2CCN(S(=O)(=O)c3ccc(F)c(Cl)c3)CC2)cc1. The molecule has 1 fully saturated rings. The highest BCUT2D eigenvalue weighted by Gasteiger charge is 2.35. The molecule has 1 aliphatic rings. The molecule has 0 atom stereocenters. The summed E-state index contributed by atoms with van der Waals surface area (Å²) in [6, 6.07) is 9.32. The normalized spacial score (nSPS) is 16.8. The Balaban J connectivity index is 1.75. The molecule has 6 nitrogen and oxygen atoms in total. The van der Waals surface area contributed by atoms with Gasteiger partial charge in [-0.15, -0.1) is 0 Å². The Labute approximate surface area is 168 Å². The van der Waals surface area contributed by atoms with E-state index >= 15 is 0 Å². The first-order valence-corrected chi connectivity index (χ1v) is 11.9. The highest BCUT2D eigenvalue weighted by molar-refractivity contribution is 7.92. The van der Waals surface area contributed by atoms with Gasteiger partial charge in [-0.2, -0.15) is 4.31 Å². The van der Waals surface area contributed by atoms with Gasteiger partial charge in [-0.25, -0.2) is 21.2 Å². The van der Waals surface area contributed by atoms with Crippen molar-refractivity contribution < 1.29 is 26.0 Å². The Morgan fingerprint density at radius 1 is 1.00 bits per heavy atom. The van der Waals surface area contributed by atoms with Gasteiger partial charge < -0.3 is 4.74 Å². The minimum Gasteiger partial charge on any atom is -0.497 e. The van der Waals surface area contributed by atoms with Gasteiger partial charge in [0.1, 0.15) is 11.6 Å². The van der Waals surface area contributed by atoms with E-state index < -0.39 is 30.9 Å². The summed E-state index contributed by atoms with van der Waals surface area (Å²) in [5.74, 6) is -0.150. The van der Waals surface area contributed by atoms with Crippen LogP contribution in [0.1, 0.15) is 12.8 Å². The van der Waals surface area contributed by atoms with Gasteiger partial charge in [0.2, 0.25) is 10.0 Å². The van der Waals surface area contributed by atoms with Crippen LogP contribution in [0.3, 0.4) is 0 Å². The monoisotopic (exact) mass is 447 g/mol. The second-order valence-corrected chi connectivity index (χ2v) is 11.0. The molecule has 1 saturated heterocycles. The summed E-state index contributed by atoms with van der Waals surface area (Å²) < 4.78 is 70.7. The molecule has 1 aliphatic heterocycles. The second-order valence-electron chi connectivity index (χ2n) is 6.40. The molecule has 0 spiro atoms. The first-order valence-electron chi connectivity index (χ1n) is 8.49. The van der Waals surface area contributed by atoms with E-state index in [0.717, 1.165) is 18.2 Å². The summed E-state index contributed by atoms with van der Waals surface area (Å²) in [7, 11) is -5.96. The third-order valence-electron chi connectivity index (χ3n) is 4.76. The number of sulfonamides is 1. The van der Waals surface area contributed by atoms with Gasteiger partial charge in [0.15, 0.2) is 9.84 Å². The molecule has 0 aliphatic carbocycles. The number of rotatable bonds is 5. The first kappa shape index (κ1) is 21.0. The van der Waals surface area contributed by atoms with Crippen molar-refractivity contribution in [2.24, 2.45) is 0 Å². The summed E-state index contributed by atoms with van der Waals surface area (Å²) in [4.78, 5) is 0.0651. The van der Waals surface area contributed by atoms with E-state index in [1.807, 2.05) is 0 Å². The van der Waals surface area contributed by atoms with Crippen LogP contribution in [0.25, 0.3) is 0 Å². The fourth-order valence-electron chi connectivity index (χ4n) is 3.13. The molecule has 152 valence electrons. The standard InChI is InChI=1S/C18H19ClFNO5S2/c1-26-13-2-4-14(5-3-13)27(22,23)15-8-10-21(11-9-15)28(24,25)16-6-7-18(20)17(19)12-16/h2-7,12,15H,8-11H2,1H3. The van der Waals surface area contributed by atoms with E-state index in [1.165, 1.54) is 23.5 Å². The molecule has 0 saturated carbocycles. The summed E-state index contributed by atoms with van der Waals surface area (Å²) in [5.41, 5.74) is 0. The lowest BCUT2D eigenvalue weighted by Crippen LogP contribution is -2.42. The van der Waals surface area contributed by atoms with Crippen molar-refractivity contribution in [2.45, 2.75) is 27.9 Å². The maximum absolute atomic E-state index is 13.3. The Kier molecular flexibility index (Phi) is 6.00. The Morgan fingerprint density at radius 3 is 2.11 bits per heavy atom. The van der Waals surface area contributed by atoms with Crippen LogP contribution in [0.15, 0.2) is 52.3 Å². The number of ether oxygens (including phenoxy) is 1. The molecule has 3 rings (SSSR count). The lowest BCUT2D eigenvalue weighted by molar-refractivity contribution is 0.345. The molecular formula is C18H19ClFNO5S2. The van der Waals surface area contributed by atoms with Crippen LogP contribution >= 0.6 is 11.6 Å². The van der Waals surface area contributed by atoms with Gasteiger partial charge in [0.25, 0.3) is 0 Å². The maximum Gasteiger partial charge on any atom is 0.243 e. The maximum atomic E-state index is 13.3. The molecule has 1 heterocycles. The molecule has 0 bridgehead atoms. The topological polar surface area (TPSA) is 80.8 Å². The summed E-state index contributed by atoms with van der Waals surface area (Å²) in [6.07, 6.45) is 0.338. The molecule has 0 amide bonds. The minimum absolute atomic E-state index is 0.0530. The van der Waals surface area contributed by atoms with E-state index in [2.05, 4.69) is 0 Å². The second kappa shape index (κ2) is 7.98. The minimum atomic E-state index is -3.87. The third-order valence-corrected chi connectivity index (χ3v) is 9.22. The van der Waals surface area contributed by atoms with E-state index in [1.54, 1.807) is 12.1 Å². The molecular weight excluding hydrogens is 429 g/mol. The molecule has 28 heavy (non-hydrogen) atoms. The number of halogens is 2. The van der Waals surface area contributed by atoms with Crippen LogP contribution in [-0.4, -0.2) is 46.6 Å². The zero-order valence-corrected chi connectivity index (χ0v) is 17.4. The van der Waals surface area contributed by atoms with Gasteiger partial charge in [0.05, 0.1) is 27.2 Å². The Hall–Kier alpha value is -1.68. The van der Waals surface area contributed by atoms with Crippen molar-refractivity contribution in [2.75, 3.05) is 20.2 Å². The molecule has 0 unspecified atom stereocenters. The van der Waals surface area contributed by atoms with Gasteiger partial charge in [-0.1, -0.05) is 11.6 Å². The van der Waals surface area contributed by atoms with Crippen molar-refractivity contribution in [3.63, 3.8) is 0 Å². The van der Waals surface area contributed by atoms with Crippen LogP contribution < -0.4 is 4.74 Å². The van der Waals surface area contributed by atoms with E-state index in [0.29, 0.717) is 5.75 Å². The van der Waals surface area contributed by atoms with Crippen molar-refractivity contribution in [3.8, 4) is 5.75 Å². The molecule has 0 aromatic heterocycles. The molecule has 10 heteroatoms. The highest BCUT2D eigenvalue weighted by atomic mass is 35.5. The zero-order valence-electron chi connectivity index (χ0n) is 15.0. The molecule has 0 N–H and O–H groups in total. The van der Waals surface area contributed by atoms with Crippen LogP contribution in [0, 0.1) is 5.82 Å². The predicted octanol–water partition coefficient (Wildman–Crippen LogP) is 3.11. The zero-order chi connectivity index (χ0) is 20.5. The third kappa shape index (κ3) is 4.03. The summed E-state index contributed by atoms with van der Waals surface area (Å²) in [5, 5.41) is -0.956. The number of methoxy groups -OCH3 is 1. The Morgan fingerprint density at radius 2 is 1.57 bits per heavy atom. The van der Waals surface area contributed by atoms with Gasteiger partial charge >= 0.3 is 0 Å². The highest BCUT2D eigenvalue weighted by Crippen LogP contribution is 2.29. The van der Waals surface area contributed by atoms with Crippen LogP contribution in [0.4, 0.5) is 4.39 Å². The number of hydrogen-bond acceptors (Lipinski definition) is 5. The van der Waals surface area contributed by atoms with E-state index in [4.69, 9.17) is 16.3 Å². The van der Waals surface area contributed by atoms with Crippen molar-refractivity contribution in [1.29, 1.82) is 0 Å². The van der Waals surface area contributed by atoms with Crippen LogP contribution in [0.2, 0.25) is 5.02 Å². The number of sulfone groups is 1. The fraction of sp³-hybridized carbons (Fsp3) is 0.333. The van der Waals surface area contributed by atoms with E-state index in [9.17, 15) is 21.2 Å². The van der Waals surface area contributed by atoms with Gasteiger partial charge in [-0.05, 0) is 55.3 Å². The first-order chi connectivity index (χ1) is 13.2. The molecule has 2 aromatic rings. The smallest absolute Gasteiger partial charge is 0.243 e. The van der Waals surface area contributed by atoms with Crippen LogP contribution in [-0.2, 0) is 19.9 Å². The number of nitrogens with zero attached hydrogens (tertiary/aromatic N) is 1. The average molecular weight is 448 g/mol. The van der Waals surface area contributed by atoms with Crippen molar-refractivity contribution in [3.05, 3.63) is 53.3 Å². The van der Waals surface area contributed by atoms with Crippen molar-refractivity contribution >= 4 is 31.5 Å². The average Bonchev–Trinajstić information content (AvgIpc) is 2.70. The lowest BCUT2D eigenvalue weighted by Gasteiger charge is -2.31. The van der Waals surface area contributed by atoms with E-state index in [-0.39, 0.29) is 40.7 Å². The van der Waals surface area contributed by atoms with Gasteiger partial charge in [0, 0.05) is 13.1 Å². The lowest BCUT2D eigenvalue weighted by atomic mass is 10.2. The van der Waals surface area contributed by atoms with Crippen LogP contribution in [0.5, 0.6) is 5.75 Å².